The average molecular weight is 117 g/mol. The van der Waals surface area contributed by atoms with Gasteiger partial charge in [0.15, 0.2) is 0 Å². The predicted molar refractivity (Wildman–Crippen MR) is 33.2 cm³/mol. The molecule has 0 aliphatic rings. The summed E-state index contributed by atoms with van der Waals surface area (Å²) >= 11 is 0. The molecule has 0 saturated carbocycles. The van der Waals surface area contributed by atoms with Crippen LogP contribution in [-0.2, 0) is 4.74 Å². The highest BCUT2D eigenvalue weighted by atomic mass is 16.5. The molecule has 2 nitrogen and oxygen atoms in total. The van der Waals surface area contributed by atoms with E-state index in [1.54, 1.807) is 7.11 Å². The summed E-state index contributed by atoms with van der Waals surface area (Å²) in [6, 6.07) is 0. The molecule has 1 atom stereocenters. The molecule has 0 amide bonds. The zero-order valence-corrected chi connectivity index (χ0v) is 5.68. The highest BCUT2D eigenvalue weighted by molar-refractivity contribution is 4.43. The lowest BCUT2D eigenvalue weighted by atomic mass is 10.2. The Morgan fingerprint density at radius 3 is 2.75 bits per heavy atom. The summed E-state index contributed by atoms with van der Waals surface area (Å²) in [6.45, 7) is 4.03. The normalized spacial score (nSPS) is 13.9. The van der Waals surface area contributed by atoms with Crippen molar-refractivity contribution in [1.29, 1.82) is 0 Å². The van der Waals surface area contributed by atoms with Crippen molar-refractivity contribution < 1.29 is 10.1 Å². The first-order valence-electron chi connectivity index (χ1n) is 2.91. The summed E-state index contributed by atoms with van der Waals surface area (Å²) in [5.41, 5.74) is 0. The van der Waals surface area contributed by atoms with Gasteiger partial charge in [-0.05, 0) is 0 Å². The van der Waals surface area contributed by atoms with E-state index < -0.39 is 0 Å². The van der Waals surface area contributed by atoms with Crippen molar-refractivity contribution in [3.05, 3.63) is 7.05 Å². The summed E-state index contributed by atoms with van der Waals surface area (Å²) in [6.07, 6.45) is 0. The summed E-state index contributed by atoms with van der Waals surface area (Å²) < 4.78 is 4.91. The van der Waals surface area contributed by atoms with Crippen LogP contribution in [0.4, 0.5) is 0 Å². The number of methoxy groups -OCH3 is 1. The van der Waals surface area contributed by atoms with E-state index in [1.165, 1.54) is 0 Å². The largest absolute Gasteiger partial charge is 0.479 e. The van der Waals surface area contributed by atoms with Crippen LogP contribution in [0.1, 0.15) is 6.92 Å². The van der Waals surface area contributed by atoms with Crippen LogP contribution in [0, 0.1) is 13.0 Å². The highest BCUT2D eigenvalue weighted by Gasteiger charge is 1.97. The molecule has 0 aliphatic carbocycles. The Morgan fingerprint density at radius 2 is 2.38 bits per heavy atom. The molecule has 2 N–H and O–H groups in total. The van der Waals surface area contributed by atoms with Crippen LogP contribution in [0.2, 0.25) is 0 Å². The molecule has 8 heavy (non-hydrogen) atoms. The third kappa shape index (κ3) is 4.09. The summed E-state index contributed by atoms with van der Waals surface area (Å²) in [4.78, 5) is 0. The number of nitrogens with two attached hydrogens (primary N) is 1. The van der Waals surface area contributed by atoms with Crippen molar-refractivity contribution in [2.75, 3.05) is 20.3 Å². The zero-order chi connectivity index (χ0) is 6.41. The van der Waals surface area contributed by atoms with Crippen molar-refractivity contribution in [2.45, 2.75) is 6.92 Å². The molecule has 0 aromatic heterocycles. The molecule has 0 aromatic rings. The van der Waals surface area contributed by atoms with E-state index in [4.69, 9.17) is 4.74 Å². The van der Waals surface area contributed by atoms with E-state index in [0.717, 1.165) is 13.2 Å². The van der Waals surface area contributed by atoms with Gasteiger partial charge in [-0.1, -0.05) is 6.92 Å². The monoisotopic (exact) mass is 117 g/mol. The van der Waals surface area contributed by atoms with E-state index >= 15 is 0 Å². The molecule has 0 heterocycles. The quantitative estimate of drug-likeness (QED) is 0.499. The number of hydrogen-bond acceptors (Lipinski definition) is 1. The zero-order valence-electron chi connectivity index (χ0n) is 5.68. The summed E-state index contributed by atoms with van der Waals surface area (Å²) in [5.74, 6) is 0.623. The van der Waals surface area contributed by atoms with Gasteiger partial charge < -0.3 is 10.1 Å². The second kappa shape index (κ2) is 5.06. The molecule has 0 aromatic carbocycles. The van der Waals surface area contributed by atoms with Crippen LogP contribution >= 0.6 is 0 Å². The van der Waals surface area contributed by atoms with Gasteiger partial charge in [-0.3, -0.25) is 0 Å². The van der Waals surface area contributed by atoms with Gasteiger partial charge in [-0.15, -0.1) is 0 Å². The SMILES string of the molecule is [CH2-][NH2+]CC(C)COC. The fourth-order valence-electron chi connectivity index (χ4n) is 0.637. The Kier molecular flexibility index (Phi) is 5.01. The minimum absolute atomic E-state index is 0.623. The van der Waals surface area contributed by atoms with Crippen molar-refractivity contribution in [2.24, 2.45) is 5.92 Å². The van der Waals surface area contributed by atoms with Crippen molar-refractivity contribution >= 4 is 0 Å². The molecular formula is C6H15NO. The van der Waals surface area contributed by atoms with Crippen LogP contribution < -0.4 is 5.32 Å². The third-order valence-electron chi connectivity index (χ3n) is 1.02. The molecule has 0 radical (unpaired) electrons. The summed E-state index contributed by atoms with van der Waals surface area (Å²) in [7, 11) is 5.35. The fourth-order valence-corrected chi connectivity index (χ4v) is 0.637. The molecule has 0 aliphatic heterocycles. The van der Waals surface area contributed by atoms with E-state index in [-0.39, 0.29) is 0 Å². The minimum Gasteiger partial charge on any atom is -0.479 e. The predicted octanol–water partition coefficient (Wildman–Crippen LogP) is -0.376. The first-order chi connectivity index (χ1) is 3.81. The molecule has 0 rings (SSSR count). The lowest BCUT2D eigenvalue weighted by Gasteiger charge is -2.07. The molecular weight excluding hydrogens is 102 g/mol. The van der Waals surface area contributed by atoms with Gasteiger partial charge in [0.2, 0.25) is 0 Å². The third-order valence-corrected chi connectivity index (χ3v) is 1.02. The average Bonchev–Trinajstić information content (AvgIpc) is 1.68. The lowest BCUT2D eigenvalue weighted by Crippen LogP contribution is -2.78. The van der Waals surface area contributed by atoms with Crippen molar-refractivity contribution in [3.63, 3.8) is 0 Å². The molecule has 2 heteroatoms. The van der Waals surface area contributed by atoms with Gasteiger partial charge in [0.1, 0.15) is 0 Å². The highest BCUT2D eigenvalue weighted by Crippen LogP contribution is 1.87. The van der Waals surface area contributed by atoms with Gasteiger partial charge in [-0.25, -0.2) is 0 Å². The second-order valence-corrected chi connectivity index (χ2v) is 2.08. The Bertz CT molecular complexity index is 41.8. The van der Waals surface area contributed by atoms with Crippen LogP contribution in [0.25, 0.3) is 0 Å². The van der Waals surface area contributed by atoms with E-state index in [9.17, 15) is 0 Å². The number of ether oxygens (including phenoxy) is 1. The van der Waals surface area contributed by atoms with Crippen LogP contribution in [-0.4, -0.2) is 20.3 Å². The van der Waals surface area contributed by atoms with Gasteiger partial charge >= 0.3 is 0 Å². The van der Waals surface area contributed by atoms with E-state index in [1.807, 2.05) is 5.32 Å². The molecule has 0 saturated heterocycles. The number of hydrogen-bond donors (Lipinski definition) is 1. The number of rotatable bonds is 4. The van der Waals surface area contributed by atoms with Gasteiger partial charge in [0.25, 0.3) is 0 Å². The van der Waals surface area contributed by atoms with Gasteiger partial charge in [-0.2, -0.15) is 7.05 Å². The second-order valence-electron chi connectivity index (χ2n) is 2.08. The maximum atomic E-state index is 4.91. The maximum Gasteiger partial charge on any atom is 0.0563 e. The standard InChI is InChI=1S/C6H15NO/c1-6(4-7-2)5-8-3/h6H,2,4-5,7H2,1,3H3. The van der Waals surface area contributed by atoms with Crippen molar-refractivity contribution in [1.82, 2.24) is 0 Å². The minimum atomic E-state index is 0.623. The Labute approximate surface area is 51.2 Å². The smallest absolute Gasteiger partial charge is 0.0563 e. The number of quaternary nitrogens is 1. The fraction of sp³-hybridized carbons (Fsp3) is 0.833. The first kappa shape index (κ1) is 7.92. The molecule has 1 unspecified atom stereocenters. The topological polar surface area (TPSA) is 25.8 Å². The molecule has 0 fully saturated rings. The Morgan fingerprint density at radius 1 is 1.75 bits per heavy atom. The Balaban J connectivity index is 2.92. The van der Waals surface area contributed by atoms with Gasteiger partial charge in [0, 0.05) is 13.0 Å². The van der Waals surface area contributed by atoms with Crippen LogP contribution in [0.5, 0.6) is 0 Å². The lowest BCUT2D eigenvalue weighted by molar-refractivity contribution is -0.602. The Hall–Kier alpha value is -0.0800. The summed E-state index contributed by atoms with van der Waals surface area (Å²) in [5, 5.41) is 1.92. The van der Waals surface area contributed by atoms with Crippen LogP contribution in [0.15, 0.2) is 0 Å². The molecule has 50 valence electrons. The van der Waals surface area contributed by atoms with E-state index in [2.05, 4.69) is 14.0 Å². The van der Waals surface area contributed by atoms with Gasteiger partial charge in [0.05, 0.1) is 13.2 Å². The first-order valence-corrected chi connectivity index (χ1v) is 2.91. The maximum absolute atomic E-state index is 4.91. The van der Waals surface area contributed by atoms with E-state index in [0.29, 0.717) is 5.92 Å². The van der Waals surface area contributed by atoms with Crippen LogP contribution in [0.3, 0.4) is 0 Å². The molecule has 0 spiro atoms. The van der Waals surface area contributed by atoms with Crippen molar-refractivity contribution in [3.8, 4) is 0 Å². The molecule has 0 bridgehead atoms.